The van der Waals surface area contributed by atoms with Crippen molar-refractivity contribution < 1.29 is 0 Å². The van der Waals surface area contributed by atoms with Crippen LogP contribution in [-0.2, 0) is 5.41 Å². The SMILES string of the molecule is CC[Si](CC)(CC)c1ccc(-c2ccc3c(c2)-c2ccc(-c4cccc(-c5nc(-c6ccccc6)nc(-c6ccccc6)n5)c4)cc2C3(C)C)cc1. The van der Waals surface area contributed by atoms with E-state index in [0.29, 0.717) is 17.5 Å². The van der Waals surface area contributed by atoms with Gasteiger partial charge in [-0.25, -0.2) is 15.0 Å². The van der Waals surface area contributed by atoms with Gasteiger partial charge in [0.25, 0.3) is 0 Å². The van der Waals surface area contributed by atoms with Crippen molar-refractivity contribution in [3.8, 4) is 67.5 Å². The van der Waals surface area contributed by atoms with Crippen molar-refractivity contribution in [3.05, 3.63) is 157 Å². The molecule has 0 N–H and O–H groups in total. The Kier molecular flexibility index (Phi) is 8.80. The van der Waals surface area contributed by atoms with Gasteiger partial charge in [0.1, 0.15) is 0 Å². The van der Waals surface area contributed by atoms with Gasteiger partial charge in [-0.05, 0) is 62.7 Å². The van der Waals surface area contributed by atoms with Crippen molar-refractivity contribution in [2.24, 2.45) is 0 Å². The summed E-state index contributed by atoms with van der Waals surface area (Å²) in [5, 5.41) is 1.59. The third-order valence-electron chi connectivity index (χ3n) is 11.7. The number of nitrogens with zero attached hydrogens (tertiary/aromatic N) is 3. The van der Waals surface area contributed by atoms with Crippen LogP contribution < -0.4 is 5.19 Å². The zero-order valence-electron chi connectivity index (χ0n) is 30.8. The standard InChI is InChI=1S/C48H45N3Si/c1-6-52(7-2,8-3)40-26-22-33(23-27-40)37-25-29-43-42(31-37)41-28-24-38(32-44(41)48(43,4)5)36-20-15-21-39(30-36)47-50-45(34-16-11-9-12-17-34)49-46(51-47)35-18-13-10-14-19-35/h9-32H,6-8H2,1-5H3. The minimum Gasteiger partial charge on any atom is -0.208 e. The Balaban J connectivity index is 1.15. The molecular formula is C48H45N3Si. The summed E-state index contributed by atoms with van der Waals surface area (Å²) in [5.41, 5.74) is 13.1. The van der Waals surface area contributed by atoms with Gasteiger partial charge in [0.05, 0.1) is 8.07 Å². The van der Waals surface area contributed by atoms with Gasteiger partial charge >= 0.3 is 0 Å². The van der Waals surface area contributed by atoms with E-state index in [0.717, 1.165) is 22.3 Å². The highest BCUT2D eigenvalue weighted by Gasteiger charge is 2.36. The van der Waals surface area contributed by atoms with E-state index in [4.69, 9.17) is 15.0 Å². The van der Waals surface area contributed by atoms with Crippen LogP contribution in [0.5, 0.6) is 0 Å². The van der Waals surface area contributed by atoms with E-state index in [2.05, 4.69) is 120 Å². The van der Waals surface area contributed by atoms with Crippen LogP contribution in [0.2, 0.25) is 18.1 Å². The van der Waals surface area contributed by atoms with E-state index in [-0.39, 0.29) is 5.41 Å². The molecular weight excluding hydrogens is 647 g/mol. The van der Waals surface area contributed by atoms with E-state index in [1.54, 1.807) is 5.19 Å². The minimum atomic E-state index is -1.40. The average Bonchev–Trinajstić information content (AvgIpc) is 3.44. The van der Waals surface area contributed by atoms with Gasteiger partial charge in [0.2, 0.25) is 0 Å². The van der Waals surface area contributed by atoms with Gasteiger partial charge in [-0.3, -0.25) is 0 Å². The predicted molar refractivity (Wildman–Crippen MR) is 221 cm³/mol. The highest BCUT2D eigenvalue weighted by Crippen LogP contribution is 2.50. The normalized spacial score (nSPS) is 13.1. The van der Waals surface area contributed by atoms with Crippen LogP contribution in [0.1, 0.15) is 45.7 Å². The van der Waals surface area contributed by atoms with Crippen molar-refractivity contribution in [2.75, 3.05) is 0 Å². The molecule has 1 heterocycles. The maximum Gasteiger partial charge on any atom is 0.164 e. The van der Waals surface area contributed by atoms with Gasteiger partial charge in [-0.15, -0.1) is 0 Å². The maximum atomic E-state index is 4.98. The number of hydrogen-bond donors (Lipinski definition) is 0. The first-order valence-electron chi connectivity index (χ1n) is 18.7. The first-order valence-corrected chi connectivity index (χ1v) is 21.3. The Morgan fingerprint density at radius 3 is 1.48 bits per heavy atom. The molecule has 0 aliphatic heterocycles. The van der Waals surface area contributed by atoms with Crippen molar-refractivity contribution in [1.82, 2.24) is 15.0 Å². The smallest absolute Gasteiger partial charge is 0.164 e. The quantitative estimate of drug-likeness (QED) is 0.141. The van der Waals surface area contributed by atoms with Crippen molar-refractivity contribution >= 4 is 13.3 Å². The van der Waals surface area contributed by atoms with E-state index >= 15 is 0 Å². The van der Waals surface area contributed by atoms with Crippen molar-refractivity contribution in [3.63, 3.8) is 0 Å². The molecule has 3 nitrogen and oxygen atoms in total. The van der Waals surface area contributed by atoms with Crippen molar-refractivity contribution in [1.29, 1.82) is 0 Å². The molecule has 0 amide bonds. The van der Waals surface area contributed by atoms with Gasteiger partial charge in [0, 0.05) is 22.1 Å². The highest BCUT2D eigenvalue weighted by molar-refractivity contribution is 6.91. The Bertz CT molecular complexity index is 2310. The van der Waals surface area contributed by atoms with Crippen LogP contribution in [0.3, 0.4) is 0 Å². The lowest BCUT2D eigenvalue weighted by Crippen LogP contribution is -2.45. The molecule has 0 radical (unpaired) electrons. The average molecular weight is 692 g/mol. The molecule has 0 saturated carbocycles. The summed E-state index contributed by atoms with van der Waals surface area (Å²) in [6.07, 6.45) is 0. The summed E-state index contributed by atoms with van der Waals surface area (Å²) in [4.78, 5) is 14.9. The monoisotopic (exact) mass is 691 g/mol. The molecule has 256 valence electrons. The van der Waals surface area contributed by atoms with Gasteiger partial charge in [-0.1, -0.05) is 185 Å². The van der Waals surface area contributed by atoms with E-state index < -0.39 is 8.07 Å². The van der Waals surface area contributed by atoms with E-state index in [1.807, 2.05) is 60.7 Å². The maximum absolute atomic E-state index is 4.98. The molecule has 7 aromatic rings. The molecule has 1 aromatic heterocycles. The topological polar surface area (TPSA) is 38.7 Å². The number of rotatable bonds is 9. The fourth-order valence-corrected chi connectivity index (χ4v) is 11.9. The Morgan fingerprint density at radius 2 is 0.885 bits per heavy atom. The molecule has 0 atom stereocenters. The Hall–Kier alpha value is -5.45. The lowest BCUT2D eigenvalue weighted by Gasteiger charge is -2.28. The third-order valence-corrected chi connectivity index (χ3v) is 17.3. The van der Waals surface area contributed by atoms with Crippen LogP contribution in [0, 0.1) is 0 Å². The van der Waals surface area contributed by atoms with Gasteiger partial charge in [-0.2, -0.15) is 0 Å². The fraction of sp³-hybridized carbons (Fsp3) is 0.188. The summed E-state index contributed by atoms with van der Waals surface area (Å²) in [6, 6.07) is 56.4. The number of benzene rings is 6. The lowest BCUT2D eigenvalue weighted by atomic mass is 9.81. The second-order valence-corrected chi connectivity index (χ2v) is 19.9. The fourth-order valence-electron chi connectivity index (χ4n) is 8.27. The molecule has 6 aromatic carbocycles. The molecule has 0 saturated heterocycles. The largest absolute Gasteiger partial charge is 0.208 e. The summed E-state index contributed by atoms with van der Waals surface area (Å²) < 4.78 is 0. The number of hydrogen-bond acceptors (Lipinski definition) is 3. The second kappa shape index (κ2) is 13.6. The minimum absolute atomic E-state index is 0.112. The zero-order chi connectivity index (χ0) is 35.9. The van der Waals surface area contributed by atoms with Crippen molar-refractivity contribution in [2.45, 2.75) is 58.2 Å². The molecule has 0 spiro atoms. The summed E-state index contributed by atoms with van der Waals surface area (Å²) in [5.74, 6) is 2.00. The lowest BCUT2D eigenvalue weighted by molar-refractivity contribution is 0.660. The molecule has 1 aliphatic rings. The van der Waals surface area contributed by atoms with E-state index in [9.17, 15) is 0 Å². The molecule has 0 unspecified atom stereocenters. The van der Waals surface area contributed by atoms with Crippen LogP contribution in [0.15, 0.2) is 146 Å². The predicted octanol–water partition coefficient (Wildman–Crippen LogP) is 12.2. The summed E-state index contributed by atoms with van der Waals surface area (Å²) in [6.45, 7) is 11.9. The van der Waals surface area contributed by atoms with Crippen LogP contribution in [0.25, 0.3) is 67.5 Å². The third kappa shape index (κ3) is 5.91. The van der Waals surface area contributed by atoms with Gasteiger partial charge < -0.3 is 0 Å². The number of fused-ring (bicyclic) bond motifs is 3. The van der Waals surface area contributed by atoms with Crippen LogP contribution in [-0.4, -0.2) is 23.0 Å². The second-order valence-electron chi connectivity index (χ2n) is 14.7. The first-order chi connectivity index (χ1) is 25.3. The van der Waals surface area contributed by atoms with E-state index in [1.165, 1.54) is 57.1 Å². The Morgan fingerprint density at radius 1 is 0.404 bits per heavy atom. The first kappa shape index (κ1) is 33.7. The molecule has 8 rings (SSSR count). The number of aromatic nitrogens is 3. The summed E-state index contributed by atoms with van der Waals surface area (Å²) >= 11 is 0. The highest BCUT2D eigenvalue weighted by atomic mass is 28.3. The van der Waals surface area contributed by atoms with Gasteiger partial charge in [0.15, 0.2) is 17.5 Å². The molecule has 1 aliphatic carbocycles. The molecule has 4 heteroatoms. The zero-order valence-corrected chi connectivity index (χ0v) is 31.8. The summed E-state index contributed by atoms with van der Waals surface area (Å²) in [7, 11) is -1.40. The van der Waals surface area contributed by atoms with Crippen LogP contribution in [0.4, 0.5) is 0 Å². The Labute approximate surface area is 309 Å². The van der Waals surface area contributed by atoms with Crippen LogP contribution >= 0.6 is 0 Å². The molecule has 52 heavy (non-hydrogen) atoms. The molecule has 0 fully saturated rings. The molecule has 0 bridgehead atoms.